The van der Waals surface area contributed by atoms with Crippen molar-refractivity contribution in [2.45, 2.75) is 6.54 Å². The number of hydrogen-bond acceptors (Lipinski definition) is 5. The second kappa shape index (κ2) is 9.84. The van der Waals surface area contributed by atoms with Gasteiger partial charge in [0.1, 0.15) is 11.6 Å². The summed E-state index contributed by atoms with van der Waals surface area (Å²) in [6.45, 7) is 6.38. The summed E-state index contributed by atoms with van der Waals surface area (Å²) in [6.07, 6.45) is 0. The lowest BCUT2D eigenvalue weighted by Crippen LogP contribution is -2.54. The zero-order chi connectivity index (χ0) is 21.8. The topological polar surface area (TPSA) is 47.1 Å². The lowest BCUT2D eigenvalue weighted by molar-refractivity contribution is -0.134. The van der Waals surface area contributed by atoms with Crippen LogP contribution in [0.15, 0.2) is 35.0 Å². The van der Waals surface area contributed by atoms with E-state index in [1.807, 2.05) is 9.80 Å². The first-order valence-electron chi connectivity index (χ1n) is 10.5. The summed E-state index contributed by atoms with van der Waals surface area (Å²) in [7, 11) is 0. The van der Waals surface area contributed by atoms with E-state index in [2.05, 4.69) is 21.7 Å². The Morgan fingerprint density at radius 2 is 1.55 bits per heavy atom. The summed E-state index contributed by atoms with van der Waals surface area (Å²) in [5, 5.41) is 4.24. The van der Waals surface area contributed by atoms with Gasteiger partial charge in [-0.2, -0.15) is 11.3 Å². The van der Waals surface area contributed by atoms with E-state index in [4.69, 9.17) is 0 Å². The van der Waals surface area contributed by atoms with Crippen LogP contribution >= 0.6 is 11.3 Å². The van der Waals surface area contributed by atoms with Crippen molar-refractivity contribution in [1.29, 1.82) is 0 Å². The van der Waals surface area contributed by atoms with Crippen LogP contribution in [0, 0.1) is 11.6 Å². The maximum Gasteiger partial charge on any atom is 0.256 e. The van der Waals surface area contributed by atoms with Gasteiger partial charge < -0.3 is 9.80 Å². The number of piperazine rings is 2. The van der Waals surface area contributed by atoms with Crippen LogP contribution in [0.5, 0.6) is 0 Å². The molecule has 2 aliphatic rings. The Kier molecular flexibility index (Phi) is 6.94. The van der Waals surface area contributed by atoms with Crippen LogP contribution in [0.4, 0.5) is 8.78 Å². The highest BCUT2D eigenvalue weighted by Crippen LogP contribution is 2.15. The molecule has 2 amide bonds. The van der Waals surface area contributed by atoms with Crippen molar-refractivity contribution in [3.8, 4) is 0 Å². The summed E-state index contributed by atoms with van der Waals surface area (Å²) < 4.78 is 27.0. The van der Waals surface area contributed by atoms with Gasteiger partial charge in [0, 0.05) is 65.0 Å². The molecule has 2 fully saturated rings. The Hall–Kier alpha value is -2.36. The third-order valence-electron chi connectivity index (χ3n) is 5.89. The molecule has 0 unspecified atom stereocenters. The van der Waals surface area contributed by atoms with Crippen molar-refractivity contribution in [2.24, 2.45) is 0 Å². The molecule has 0 saturated carbocycles. The van der Waals surface area contributed by atoms with E-state index in [-0.39, 0.29) is 11.5 Å². The third-order valence-corrected chi connectivity index (χ3v) is 6.62. The van der Waals surface area contributed by atoms with Gasteiger partial charge in [-0.15, -0.1) is 0 Å². The molecule has 9 heteroatoms. The standard InChI is InChI=1S/C22H26F2N4O2S/c23-18-1-2-19(20(24)13-18)22(30)28-10-6-26(7-11-28)15-21(29)27-8-4-25(5-9-27)14-17-3-12-31-16-17/h1-3,12-13,16H,4-11,14-15H2. The number of rotatable bonds is 5. The lowest BCUT2D eigenvalue weighted by Gasteiger charge is -2.38. The Morgan fingerprint density at radius 1 is 0.871 bits per heavy atom. The van der Waals surface area contributed by atoms with E-state index in [1.54, 1.807) is 16.2 Å². The van der Waals surface area contributed by atoms with Gasteiger partial charge in [0.2, 0.25) is 5.91 Å². The van der Waals surface area contributed by atoms with Gasteiger partial charge in [0.05, 0.1) is 12.1 Å². The highest BCUT2D eigenvalue weighted by Gasteiger charge is 2.27. The third kappa shape index (κ3) is 5.47. The maximum atomic E-state index is 13.9. The predicted octanol–water partition coefficient (Wildman–Crippen LogP) is 2.13. The van der Waals surface area contributed by atoms with Crippen LogP contribution in [0.25, 0.3) is 0 Å². The first-order valence-corrected chi connectivity index (χ1v) is 11.4. The quantitative estimate of drug-likeness (QED) is 0.703. The van der Waals surface area contributed by atoms with Crippen LogP contribution in [0.1, 0.15) is 15.9 Å². The smallest absolute Gasteiger partial charge is 0.256 e. The average Bonchev–Trinajstić information content (AvgIpc) is 3.27. The molecule has 0 spiro atoms. The minimum Gasteiger partial charge on any atom is -0.339 e. The molecular formula is C22H26F2N4O2S. The zero-order valence-electron chi connectivity index (χ0n) is 17.3. The highest BCUT2D eigenvalue weighted by atomic mass is 32.1. The molecule has 0 radical (unpaired) electrons. The van der Waals surface area contributed by atoms with Crippen molar-refractivity contribution < 1.29 is 18.4 Å². The van der Waals surface area contributed by atoms with Gasteiger partial charge in [-0.3, -0.25) is 19.4 Å². The number of thiophene rings is 1. The maximum absolute atomic E-state index is 13.9. The zero-order valence-corrected chi connectivity index (χ0v) is 18.1. The van der Waals surface area contributed by atoms with Gasteiger partial charge in [-0.1, -0.05) is 0 Å². The first kappa shape index (κ1) is 21.9. The summed E-state index contributed by atoms with van der Waals surface area (Å²) in [6, 6.07) is 5.13. The van der Waals surface area contributed by atoms with Crippen LogP contribution in [0.3, 0.4) is 0 Å². The molecule has 0 atom stereocenters. The fourth-order valence-electron chi connectivity index (χ4n) is 4.03. The number of carbonyl (C=O) groups excluding carboxylic acids is 2. The molecule has 2 aromatic rings. The monoisotopic (exact) mass is 448 g/mol. The fraction of sp³-hybridized carbons (Fsp3) is 0.455. The minimum absolute atomic E-state index is 0.111. The highest BCUT2D eigenvalue weighted by molar-refractivity contribution is 7.07. The van der Waals surface area contributed by atoms with Gasteiger partial charge in [-0.25, -0.2) is 8.78 Å². The lowest BCUT2D eigenvalue weighted by atomic mass is 10.1. The van der Waals surface area contributed by atoms with Crippen LogP contribution in [-0.2, 0) is 11.3 Å². The average molecular weight is 449 g/mol. The number of halogens is 2. The molecular weight excluding hydrogens is 422 g/mol. The summed E-state index contributed by atoms with van der Waals surface area (Å²) in [4.78, 5) is 33.1. The van der Waals surface area contributed by atoms with E-state index in [1.165, 1.54) is 11.6 Å². The molecule has 31 heavy (non-hydrogen) atoms. The molecule has 4 rings (SSSR count). The molecule has 166 valence electrons. The molecule has 0 aliphatic carbocycles. The van der Waals surface area contributed by atoms with E-state index in [0.717, 1.165) is 44.9 Å². The molecule has 3 heterocycles. The first-order chi connectivity index (χ1) is 15.0. The molecule has 0 N–H and O–H groups in total. The molecule has 1 aromatic heterocycles. The van der Waals surface area contributed by atoms with Crippen LogP contribution in [-0.4, -0.2) is 90.3 Å². The largest absolute Gasteiger partial charge is 0.339 e. The SMILES string of the molecule is O=C(CN1CCN(C(=O)c2ccc(F)cc2F)CC1)N1CCN(Cc2ccsc2)CC1. The number of benzene rings is 1. The van der Waals surface area contributed by atoms with Crippen molar-refractivity contribution in [3.05, 3.63) is 57.8 Å². The summed E-state index contributed by atoms with van der Waals surface area (Å²) in [5.41, 5.74) is 1.20. The van der Waals surface area contributed by atoms with E-state index in [9.17, 15) is 18.4 Å². The van der Waals surface area contributed by atoms with E-state index < -0.39 is 17.5 Å². The normalized spacial score (nSPS) is 18.4. The van der Waals surface area contributed by atoms with Gasteiger partial charge in [0.25, 0.3) is 5.91 Å². The molecule has 1 aromatic carbocycles. The van der Waals surface area contributed by atoms with E-state index in [0.29, 0.717) is 32.7 Å². The van der Waals surface area contributed by atoms with Crippen molar-refractivity contribution in [3.63, 3.8) is 0 Å². The van der Waals surface area contributed by atoms with Gasteiger partial charge >= 0.3 is 0 Å². The fourth-order valence-corrected chi connectivity index (χ4v) is 4.69. The molecule has 0 bridgehead atoms. The number of amides is 2. The van der Waals surface area contributed by atoms with E-state index >= 15 is 0 Å². The van der Waals surface area contributed by atoms with Crippen molar-refractivity contribution >= 4 is 23.2 Å². The summed E-state index contributed by atoms with van der Waals surface area (Å²) >= 11 is 1.70. The Morgan fingerprint density at radius 3 is 2.19 bits per heavy atom. The second-order valence-electron chi connectivity index (χ2n) is 7.98. The number of hydrogen-bond donors (Lipinski definition) is 0. The Bertz CT molecular complexity index is 908. The van der Waals surface area contributed by atoms with Crippen molar-refractivity contribution in [1.82, 2.24) is 19.6 Å². The molecule has 2 aliphatic heterocycles. The van der Waals surface area contributed by atoms with Gasteiger partial charge in [0.15, 0.2) is 0 Å². The molecule has 2 saturated heterocycles. The second-order valence-corrected chi connectivity index (χ2v) is 8.76. The minimum atomic E-state index is -0.847. The predicted molar refractivity (Wildman–Crippen MR) is 115 cm³/mol. The van der Waals surface area contributed by atoms with Crippen LogP contribution < -0.4 is 0 Å². The van der Waals surface area contributed by atoms with Crippen LogP contribution in [0.2, 0.25) is 0 Å². The van der Waals surface area contributed by atoms with Crippen molar-refractivity contribution in [2.75, 3.05) is 58.9 Å². The van der Waals surface area contributed by atoms with Gasteiger partial charge in [-0.05, 0) is 34.5 Å². The molecule has 6 nitrogen and oxygen atoms in total. The Balaban J connectivity index is 1.21. The summed E-state index contributed by atoms with van der Waals surface area (Å²) in [5.74, 6) is -1.88. The number of carbonyl (C=O) groups is 2. The number of nitrogens with zero attached hydrogens (tertiary/aromatic N) is 4. The Labute approximate surface area is 184 Å².